The lowest BCUT2D eigenvalue weighted by Gasteiger charge is -2.30. The van der Waals surface area contributed by atoms with Gasteiger partial charge in [0.05, 0.1) is 24.5 Å². The minimum atomic E-state index is 0.583. The highest BCUT2D eigenvalue weighted by molar-refractivity contribution is 4.41. The van der Waals surface area contributed by atoms with Gasteiger partial charge in [0.2, 0.25) is 0 Å². The number of hydrogen-bond donors (Lipinski definition) is 0. The van der Waals surface area contributed by atoms with Crippen LogP contribution in [-0.2, 0) is 0 Å². The predicted octanol–water partition coefficient (Wildman–Crippen LogP) is 3.26. The maximum Gasteiger partial charge on any atom is 0.114 e. The van der Waals surface area contributed by atoms with Crippen LogP contribution in [0.3, 0.4) is 0 Å². The Morgan fingerprint density at radius 2 is 1.38 bits per heavy atom. The number of nitrogens with zero attached hydrogens (tertiary/aromatic N) is 4. The smallest absolute Gasteiger partial charge is 0.114 e. The quantitative estimate of drug-likeness (QED) is 0.192. The molecule has 0 radical (unpaired) electrons. The molecule has 4 heteroatoms. The molecule has 0 aliphatic carbocycles. The first-order chi connectivity index (χ1) is 6.24. The van der Waals surface area contributed by atoms with Crippen LogP contribution in [0.4, 0.5) is 0 Å². The standard InChI is InChI=1S/C9H21N4/c1-4-7-13(8-5-2,9-6-3)12-11-10/h4-9H2,1-3H3/q+1. The third kappa shape index (κ3) is 4.15. The van der Waals surface area contributed by atoms with Gasteiger partial charge in [0.25, 0.3) is 0 Å². The number of azide groups is 1. The van der Waals surface area contributed by atoms with Crippen LogP contribution in [0.25, 0.3) is 10.4 Å². The average Bonchev–Trinajstić information content (AvgIpc) is 2.06. The Labute approximate surface area is 80.7 Å². The number of hydrogen-bond acceptors (Lipinski definition) is 1. The molecule has 0 saturated carbocycles. The van der Waals surface area contributed by atoms with Crippen molar-refractivity contribution in [3.8, 4) is 0 Å². The molecule has 0 aromatic carbocycles. The Kier molecular flexibility index (Phi) is 6.37. The average molecular weight is 185 g/mol. The monoisotopic (exact) mass is 185 g/mol. The third-order valence-corrected chi connectivity index (χ3v) is 2.15. The van der Waals surface area contributed by atoms with Gasteiger partial charge in [-0.25, -0.2) is 4.59 Å². The molecule has 0 fully saturated rings. The zero-order chi connectivity index (χ0) is 10.2. The fraction of sp³-hybridized carbons (Fsp3) is 1.00. The number of rotatable bonds is 7. The van der Waals surface area contributed by atoms with Crippen LogP contribution < -0.4 is 0 Å². The van der Waals surface area contributed by atoms with Gasteiger partial charge in [0, 0.05) is 5.53 Å². The first-order valence-electron chi connectivity index (χ1n) is 5.17. The van der Waals surface area contributed by atoms with Gasteiger partial charge in [-0.3, -0.25) is 0 Å². The van der Waals surface area contributed by atoms with Crippen molar-refractivity contribution in [2.45, 2.75) is 40.0 Å². The van der Waals surface area contributed by atoms with E-state index in [4.69, 9.17) is 5.53 Å². The summed E-state index contributed by atoms with van der Waals surface area (Å²) in [6.07, 6.45) is 3.21. The molecule has 0 aliphatic heterocycles. The summed E-state index contributed by atoms with van der Waals surface area (Å²) in [5.41, 5.74) is 8.52. The van der Waals surface area contributed by atoms with E-state index in [1.165, 1.54) is 0 Å². The summed E-state index contributed by atoms with van der Waals surface area (Å²) in [4.78, 5) is 2.96. The zero-order valence-corrected chi connectivity index (χ0v) is 9.03. The van der Waals surface area contributed by atoms with Crippen LogP contribution in [0.1, 0.15) is 40.0 Å². The van der Waals surface area contributed by atoms with E-state index in [0.717, 1.165) is 38.9 Å². The van der Waals surface area contributed by atoms with E-state index >= 15 is 0 Å². The molecular weight excluding hydrogens is 164 g/mol. The van der Waals surface area contributed by atoms with Crippen molar-refractivity contribution in [3.63, 3.8) is 0 Å². The van der Waals surface area contributed by atoms with Crippen LogP contribution >= 0.6 is 0 Å². The lowest BCUT2D eigenvalue weighted by Crippen LogP contribution is -2.44. The van der Waals surface area contributed by atoms with Gasteiger partial charge in [-0.15, -0.1) is 0 Å². The van der Waals surface area contributed by atoms with Crippen molar-refractivity contribution in [2.75, 3.05) is 19.6 Å². The summed E-state index contributed by atoms with van der Waals surface area (Å²) in [6.45, 7) is 9.28. The molecule has 0 heterocycles. The summed E-state index contributed by atoms with van der Waals surface area (Å²) in [6, 6.07) is 0. The first kappa shape index (κ1) is 12.3. The van der Waals surface area contributed by atoms with Crippen molar-refractivity contribution in [2.24, 2.45) is 5.22 Å². The van der Waals surface area contributed by atoms with Gasteiger partial charge in [-0.05, 0) is 19.3 Å². The Hall–Kier alpha value is -0.730. The fourth-order valence-corrected chi connectivity index (χ4v) is 1.80. The highest BCUT2D eigenvalue weighted by Crippen LogP contribution is 2.12. The molecule has 0 aliphatic rings. The van der Waals surface area contributed by atoms with E-state index in [9.17, 15) is 0 Å². The van der Waals surface area contributed by atoms with Crippen molar-refractivity contribution in [1.82, 2.24) is 0 Å². The summed E-state index contributed by atoms with van der Waals surface area (Å²) >= 11 is 0. The maximum absolute atomic E-state index is 8.52. The minimum absolute atomic E-state index is 0.583. The van der Waals surface area contributed by atoms with Crippen LogP contribution in [0, 0.1) is 0 Å². The van der Waals surface area contributed by atoms with Gasteiger partial charge < -0.3 is 0 Å². The zero-order valence-electron chi connectivity index (χ0n) is 9.03. The van der Waals surface area contributed by atoms with Crippen molar-refractivity contribution >= 4 is 0 Å². The molecule has 0 aromatic heterocycles. The minimum Gasteiger partial charge on any atom is -0.214 e. The summed E-state index contributed by atoms with van der Waals surface area (Å²) < 4.78 is 0.583. The van der Waals surface area contributed by atoms with E-state index < -0.39 is 0 Å². The van der Waals surface area contributed by atoms with E-state index in [2.05, 4.69) is 30.9 Å². The molecule has 0 atom stereocenters. The molecule has 0 rings (SSSR count). The first-order valence-corrected chi connectivity index (χ1v) is 5.17. The molecule has 0 saturated heterocycles. The number of quaternary nitrogens is 1. The van der Waals surface area contributed by atoms with Crippen molar-refractivity contribution in [3.05, 3.63) is 10.4 Å². The molecular formula is C9H21N4+. The van der Waals surface area contributed by atoms with Crippen LogP contribution in [0.15, 0.2) is 5.22 Å². The highest BCUT2D eigenvalue weighted by Gasteiger charge is 2.23. The predicted molar refractivity (Wildman–Crippen MR) is 54.9 cm³/mol. The second kappa shape index (κ2) is 6.75. The molecule has 0 N–H and O–H groups in total. The Balaban J connectivity index is 4.46. The van der Waals surface area contributed by atoms with Crippen molar-refractivity contribution in [1.29, 1.82) is 0 Å². The second-order valence-electron chi connectivity index (χ2n) is 3.44. The second-order valence-corrected chi connectivity index (χ2v) is 3.44. The third-order valence-electron chi connectivity index (χ3n) is 2.15. The molecule has 0 amide bonds. The SMILES string of the molecule is CCC[N+](CCC)(CCC)N=[N+]=[N-]. The maximum atomic E-state index is 8.52. The molecule has 4 nitrogen and oxygen atoms in total. The molecule has 76 valence electrons. The van der Waals surface area contributed by atoms with E-state index in [0.29, 0.717) is 4.59 Å². The summed E-state index contributed by atoms with van der Waals surface area (Å²) in [7, 11) is 0. The Morgan fingerprint density at radius 3 is 1.62 bits per heavy atom. The van der Waals surface area contributed by atoms with Crippen LogP contribution in [-0.4, -0.2) is 24.2 Å². The van der Waals surface area contributed by atoms with Crippen LogP contribution in [0.2, 0.25) is 0 Å². The molecule has 0 unspecified atom stereocenters. The lowest BCUT2D eigenvalue weighted by molar-refractivity contribution is -0.936. The Bertz CT molecular complexity index is 155. The van der Waals surface area contributed by atoms with Gasteiger partial charge in [-0.1, -0.05) is 20.8 Å². The van der Waals surface area contributed by atoms with Gasteiger partial charge in [-0.2, -0.15) is 0 Å². The fourth-order valence-electron chi connectivity index (χ4n) is 1.80. The van der Waals surface area contributed by atoms with Gasteiger partial charge in [0.15, 0.2) is 0 Å². The summed E-state index contributed by atoms with van der Waals surface area (Å²) in [5, 5.41) is 3.94. The molecule has 0 spiro atoms. The van der Waals surface area contributed by atoms with Crippen molar-refractivity contribution < 1.29 is 4.59 Å². The highest BCUT2D eigenvalue weighted by atomic mass is 15.7. The van der Waals surface area contributed by atoms with E-state index in [-0.39, 0.29) is 0 Å². The largest absolute Gasteiger partial charge is 0.214 e. The van der Waals surface area contributed by atoms with Crippen LogP contribution in [0.5, 0.6) is 0 Å². The normalized spacial score (nSPS) is 11.0. The van der Waals surface area contributed by atoms with Gasteiger partial charge in [0.1, 0.15) is 5.22 Å². The molecule has 0 aromatic rings. The topological polar surface area (TPSA) is 48.8 Å². The Morgan fingerprint density at radius 1 is 1.00 bits per heavy atom. The molecule has 13 heavy (non-hydrogen) atoms. The van der Waals surface area contributed by atoms with E-state index in [1.807, 2.05) is 0 Å². The van der Waals surface area contributed by atoms with Gasteiger partial charge >= 0.3 is 0 Å². The lowest BCUT2D eigenvalue weighted by atomic mass is 10.3. The van der Waals surface area contributed by atoms with E-state index in [1.54, 1.807) is 0 Å². The molecule has 0 bridgehead atoms. The summed E-state index contributed by atoms with van der Waals surface area (Å²) in [5.74, 6) is 0.